The molecule has 1 saturated carbocycles. The van der Waals surface area contributed by atoms with Crippen molar-refractivity contribution in [2.75, 3.05) is 13.1 Å². The van der Waals surface area contributed by atoms with Gasteiger partial charge in [-0.05, 0) is 48.9 Å². The molecule has 1 aliphatic carbocycles. The lowest BCUT2D eigenvalue weighted by molar-refractivity contribution is -0.133. The lowest BCUT2D eigenvalue weighted by atomic mass is 10.2. The average Bonchev–Trinajstić information content (AvgIpc) is 3.36. The van der Waals surface area contributed by atoms with Crippen molar-refractivity contribution in [2.45, 2.75) is 38.9 Å². The zero-order valence-corrected chi connectivity index (χ0v) is 16.2. The standard InChI is InChI=1S/C20H24FN3O2S/c1-2-22-20(26)24(17-9-10-17)14-19(25)23(13-18-4-3-11-27-18)12-15-5-7-16(21)8-6-15/h3-8,11,17H,2,9-10,12-14H2,1H3,(H,22,26). The van der Waals surface area contributed by atoms with Crippen LogP contribution in [0.5, 0.6) is 0 Å². The molecule has 144 valence electrons. The third-order valence-corrected chi connectivity index (χ3v) is 5.31. The van der Waals surface area contributed by atoms with E-state index in [2.05, 4.69) is 5.32 Å². The maximum atomic E-state index is 13.2. The van der Waals surface area contributed by atoms with E-state index in [1.165, 1.54) is 12.1 Å². The second-order valence-electron chi connectivity index (χ2n) is 6.65. The molecule has 3 rings (SSSR count). The van der Waals surface area contributed by atoms with Crippen molar-refractivity contribution in [1.29, 1.82) is 0 Å². The minimum Gasteiger partial charge on any atom is -0.338 e. The van der Waals surface area contributed by atoms with Crippen LogP contribution in [-0.2, 0) is 17.9 Å². The van der Waals surface area contributed by atoms with Gasteiger partial charge in [-0.1, -0.05) is 18.2 Å². The van der Waals surface area contributed by atoms with Gasteiger partial charge in [0, 0.05) is 24.0 Å². The molecule has 0 unspecified atom stereocenters. The van der Waals surface area contributed by atoms with Gasteiger partial charge in [-0.15, -0.1) is 11.3 Å². The first-order valence-electron chi connectivity index (χ1n) is 9.16. The van der Waals surface area contributed by atoms with Crippen LogP contribution in [0.4, 0.5) is 9.18 Å². The first-order valence-corrected chi connectivity index (χ1v) is 10.0. The molecule has 0 spiro atoms. The predicted molar refractivity (Wildman–Crippen MR) is 104 cm³/mol. The minimum absolute atomic E-state index is 0.0586. The molecule has 5 nitrogen and oxygen atoms in total. The highest BCUT2D eigenvalue weighted by Gasteiger charge is 2.34. The van der Waals surface area contributed by atoms with Gasteiger partial charge in [0.1, 0.15) is 12.4 Å². The summed E-state index contributed by atoms with van der Waals surface area (Å²) in [6.45, 7) is 3.31. The van der Waals surface area contributed by atoms with Crippen LogP contribution in [0, 0.1) is 5.82 Å². The van der Waals surface area contributed by atoms with Gasteiger partial charge in [-0.2, -0.15) is 0 Å². The molecule has 27 heavy (non-hydrogen) atoms. The third-order valence-electron chi connectivity index (χ3n) is 4.45. The number of nitrogens with one attached hydrogen (secondary N) is 1. The summed E-state index contributed by atoms with van der Waals surface area (Å²) in [5, 5.41) is 4.76. The highest BCUT2D eigenvalue weighted by molar-refractivity contribution is 7.09. The Hall–Kier alpha value is -2.41. The van der Waals surface area contributed by atoms with Crippen molar-refractivity contribution in [1.82, 2.24) is 15.1 Å². The highest BCUT2D eigenvalue weighted by Crippen LogP contribution is 2.27. The Bertz CT molecular complexity index is 760. The fourth-order valence-corrected chi connectivity index (χ4v) is 3.60. The van der Waals surface area contributed by atoms with Crippen LogP contribution < -0.4 is 5.32 Å². The van der Waals surface area contributed by atoms with Crippen LogP contribution >= 0.6 is 11.3 Å². The number of rotatable bonds is 8. The van der Waals surface area contributed by atoms with Crippen LogP contribution in [-0.4, -0.2) is 40.9 Å². The van der Waals surface area contributed by atoms with E-state index in [9.17, 15) is 14.0 Å². The monoisotopic (exact) mass is 389 g/mol. The van der Waals surface area contributed by atoms with Gasteiger partial charge in [0.25, 0.3) is 0 Å². The molecule has 1 fully saturated rings. The largest absolute Gasteiger partial charge is 0.338 e. The number of amides is 3. The first-order chi connectivity index (χ1) is 13.1. The van der Waals surface area contributed by atoms with Gasteiger partial charge in [0.2, 0.25) is 5.91 Å². The summed E-state index contributed by atoms with van der Waals surface area (Å²) in [6, 6.07) is 10.1. The van der Waals surface area contributed by atoms with E-state index in [1.807, 2.05) is 24.4 Å². The zero-order valence-electron chi connectivity index (χ0n) is 15.4. The van der Waals surface area contributed by atoms with E-state index >= 15 is 0 Å². The first kappa shape index (κ1) is 19.4. The van der Waals surface area contributed by atoms with Gasteiger partial charge in [0.15, 0.2) is 0 Å². The summed E-state index contributed by atoms with van der Waals surface area (Å²) in [4.78, 5) is 29.8. The molecule has 3 amide bonds. The normalized spacial score (nSPS) is 13.3. The minimum atomic E-state index is -0.300. The molecule has 1 aromatic carbocycles. The quantitative estimate of drug-likeness (QED) is 0.750. The molecule has 1 N–H and O–H groups in total. The molecule has 0 radical (unpaired) electrons. The molecular weight excluding hydrogens is 365 g/mol. The maximum Gasteiger partial charge on any atom is 0.318 e. The van der Waals surface area contributed by atoms with E-state index in [-0.39, 0.29) is 30.3 Å². The molecule has 1 heterocycles. The summed E-state index contributed by atoms with van der Waals surface area (Å²) in [7, 11) is 0. The van der Waals surface area contributed by atoms with Crippen molar-refractivity contribution >= 4 is 23.3 Å². The molecule has 0 bridgehead atoms. The Morgan fingerprint density at radius 3 is 2.52 bits per heavy atom. The van der Waals surface area contributed by atoms with Gasteiger partial charge in [-0.3, -0.25) is 4.79 Å². The fourth-order valence-electron chi connectivity index (χ4n) is 2.88. The van der Waals surface area contributed by atoms with Crippen LogP contribution in [0.3, 0.4) is 0 Å². The Balaban J connectivity index is 1.72. The topological polar surface area (TPSA) is 52.7 Å². The van der Waals surface area contributed by atoms with Crippen molar-refractivity contribution in [2.24, 2.45) is 0 Å². The molecule has 0 atom stereocenters. The van der Waals surface area contributed by atoms with Crippen molar-refractivity contribution < 1.29 is 14.0 Å². The number of carbonyl (C=O) groups is 2. The lowest BCUT2D eigenvalue weighted by Gasteiger charge is -2.27. The number of urea groups is 1. The second-order valence-corrected chi connectivity index (χ2v) is 7.68. The molecule has 0 saturated heterocycles. The number of halogens is 1. The lowest BCUT2D eigenvalue weighted by Crippen LogP contribution is -2.47. The summed E-state index contributed by atoms with van der Waals surface area (Å²) >= 11 is 1.59. The van der Waals surface area contributed by atoms with Gasteiger partial charge < -0.3 is 15.1 Å². The van der Waals surface area contributed by atoms with Gasteiger partial charge in [-0.25, -0.2) is 9.18 Å². The summed E-state index contributed by atoms with van der Waals surface area (Å²) < 4.78 is 13.2. The number of benzene rings is 1. The van der Waals surface area contributed by atoms with Crippen molar-refractivity contribution in [3.63, 3.8) is 0 Å². The highest BCUT2D eigenvalue weighted by atomic mass is 32.1. The number of hydrogen-bond acceptors (Lipinski definition) is 3. The van der Waals surface area contributed by atoms with E-state index in [4.69, 9.17) is 0 Å². The van der Waals surface area contributed by atoms with Crippen molar-refractivity contribution in [3.05, 3.63) is 58.0 Å². The Morgan fingerprint density at radius 1 is 1.19 bits per heavy atom. The van der Waals surface area contributed by atoms with Crippen LogP contribution in [0.2, 0.25) is 0 Å². The van der Waals surface area contributed by atoms with Gasteiger partial charge >= 0.3 is 6.03 Å². The molecule has 1 aromatic heterocycles. The average molecular weight is 389 g/mol. The number of hydrogen-bond donors (Lipinski definition) is 1. The fraction of sp³-hybridized carbons (Fsp3) is 0.400. The Labute approximate surface area is 162 Å². The van der Waals surface area contributed by atoms with E-state index in [1.54, 1.807) is 33.3 Å². The predicted octanol–water partition coefficient (Wildman–Crippen LogP) is 3.61. The van der Waals surface area contributed by atoms with Crippen molar-refractivity contribution in [3.8, 4) is 0 Å². The molecule has 7 heteroatoms. The Kier molecular flexibility index (Phi) is 6.45. The van der Waals surface area contributed by atoms with Gasteiger partial charge in [0.05, 0.1) is 6.54 Å². The molecule has 2 aromatic rings. The van der Waals surface area contributed by atoms with E-state index in [0.29, 0.717) is 19.6 Å². The smallest absolute Gasteiger partial charge is 0.318 e. The number of carbonyl (C=O) groups excluding carboxylic acids is 2. The summed E-state index contributed by atoms with van der Waals surface area (Å²) in [5.74, 6) is -0.406. The second kappa shape index (κ2) is 8.99. The number of nitrogens with zero attached hydrogens (tertiary/aromatic N) is 2. The zero-order chi connectivity index (χ0) is 19.2. The number of thiophene rings is 1. The van der Waals surface area contributed by atoms with E-state index < -0.39 is 0 Å². The summed E-state index contributed by atoms with van der Waals surface area (Å²) in [5.41, 5.74) is 0.859. The molecule has 1 aliphatic rings. The summed E-state index contributed by atoms with van der Waals surface area (Å²) in [6.07, 6.45) is 1.88. The van der Waals surface area contributed by atoms with E-state index in [0.717, 1.165) is 23.3 Å². The molecular formula is C20H24FN3O2S. The third kappa shape index (κ3) is 5.53. The van der Waals surface area contributed by atoms with Crippen LogP contribution in [0.25, 0.3) is 0 Å². The van der Waals surface area contributed by atoms with Crippen LogP contribution in [0.1, 0.15) is 30.2 Å². The Morgan fingerprint density at radius 2 is 1.93 bits per heavy atom. The molecule has 0 aliphatic heterocycles. The van der Waals surface area contributed by atoms with Crippen LogP contribution in [0.15, 0.2) is 41.8 Å². The maximum absolute atomic E-state index is 13.2. The SMILES string of the molecule is CCNC(=O)N(CC(=O)N(Cc1ccc(F)cc1)Cc1cccs1)C1CC1.